The first-order valence-corrected chi connectivity index (χ1v) is 9.01. The van der Waals surface area contributed by atoms with E-state index in [0.717, 1.165) is 12.8 Å². The summed E-state index contributed by atoms with van der Waals surface area (Å²) in [7, 11) is 0. The minimum Gasteiger partial charge on any atom is -0.492 e. The van der Waals surface area contributed by atoms with Crippen LogP contribution in [0.1, 0.15) is 51.2 Å². The van der Waals surface area contributed by atoms with Crippen molar-refractivity contribution in [2.24, 2.45) is 0 Å². The van der Waals surface area contributed by atoms with Crippen LogP contribution in [-0.2, 0) is 0 Å². The van der Waals surface area contributed by atoms with Gasteiger partial charge in [0.1, 0.15) is 34.8 Å². The van der Waals surface area contributed by atoms with Crippen LogP contribution in [0.5, 0.6) is 11.5 Å². The Hall–Kier alpha value is -1.47. The van der Waals surface area contributed by atoms with E-state index in [0.29, 0.717) is 24.7 Å². The van der Waals surface area contributed by atoms with E-state index < -0.39 is 0 Å². The molecule has 0 aliphatic rings. The molecule has 1 aromatic carbocycles. The van der Waals surface area contributed by atoms with Crippen LogP contribution in [0.2, 0.25) is 0 Å². The van der Waals surface area contributed by atoms with E-state index >= 15 is 0 Å². The predicted molar refractivity (Wildman–Crippen MR) is 96.6 cm³/mol. The normalized spacial score (nSPS) is 9.00. The maximum absolute atomic E-state index is 9.14. The fourth-order valence-electron chi connectivity index (χ4n) is 1.45. The first-order valence-electron chi connectivity index (χ1n) is 7.48. The molecule has 0 unspecified atom stereocenters. The van der Waals surface area contributed by atoms with Gasteiger partial charge in [0.05, 0.1) is 13.2 Å². The molecular weight excluding hydrogens is 391 g/mol. The number of nitriles is 2. The quantitative estimate of drug-likeness (QED) is 0.473. The number of ether oxygens (including phenoxy) is 2. The highest BCUT2D eigenvalue weighted by Gasteiger charge is 2.15. The van der Waals surface area contributed by atoms with E-state index in [-0.39, 0.29) is 11.1 Å². The van der Waals surface area contributed by atoms with Crippen molar-refractivity contribution in [3.63, 3.8) is 0 Å². The van der Waals surface area contributed by atoms with Crippen LogP contribution < -0.4 is 9.47 Å². The van der Waals surface area contributed by atoms with Gasteiger partial charge in [0.25, 0.3) is 0 Å². The van der Waals surface area contributed by atoms with Crippen LogP contribution >= 0.6 is 22.6 Å². The van der Waals surface area contributed by atoms with Gasteiger partial charge in [-0.3, -0.25) is 0 Å². The molecule has 0 radical (unpaired) electrons. The highest BCUT2D eigenvalue weighted by Crippen LogP contribution is 2.29. The molecular formula is C17H23IN2O2. The molecule has 0 aromatic heterocycles. The average Bonchev–Trinajstić information content (AvgIpc) is 2.57. The van der Waals surface area contributed by atoms with Gasteiger partial charge in [-0.2, -0.15) is 10.5 Å². The van der Waals surface area contributed by atoms with Gasteiger partial charge in [0, 0.05) is 0 Å². The molecule has 4 nitrogen and oxygen atoms in total. The molecule has 0 amide bonds. The van der Waals surface area contributed by atoms with Gasteiger partial charge in [0.15, 0.2) is 0 Å². The summed E-state index contributed by atoms with van der Waals surface area (Å²) >= 11 is 2.35. The van der Waals surface area contributed by atoms with Gasteiger partial charge in [-0.15, -0.1) is 0 Å². The van der Waals surface area contributed by atoms with Crippen LogP contribution in [-0.4, -0.2) is 17.6 Å². The summed E-state index contributed by atoms with van der Waals surface area (Å²) < 4.78 is 12.2. The van der Waals surface area contributed by atoms with E-state index in [4.69, 9.17) is 20.0 Å². The number of halogens is 1. The third-order valence-corrected chi connectivity index (χ3v) is 3.54. The third kappa shape index (κ3) is 7.00. The zero-order chi connectivity index (χ0) is 16.8. The Morgan fingerprint density at radius 3 is 1.45 bits per heavy atom. The number of hydrogen-bond acceptors (Lipinski definition) is 4. The highest BCUT2D eigenvalue weighted by atomic mass is 127. The summed E-state index contributed by atoms with van der Waals surface area (Å²) in [6, 6.07) is 7.39. The summed E-state index contributed by atoms with van der Waals surface area (Å²) in [5.41, 5.74) is 0.499. The summed E-state index contributed by atoms with van der Waals surface area (Å²) in [5.74, 6) is 0.888. The monoisotopic (exact) mass is 414 g/mol. The summed E-state index contributed by atoms with van der Waals surface area (Å²) in [6.45, 7) is 7.18. The first-order chi connectivity index (χ1) is 10.7. The largest absolute Gasteiger partial charge is 0.492 e. The second kappa shape index (κ2) is 13.2. The van der Waals surface area contributed by atoms with Gasteiger partial charge in [-0.1, -0.05) is 43.4 Å². The lowest BCUT2D eigenvalue weighted by molar-refractivity contribution is 0.307. The Labute approximate surface area is 147 Å². The number of rotatable bonds is 7. The van der Waals surface area contributed by atoms with Crippen molar-refractivity contribution in [2.45, 2.75) is 40.0 Å². The molecule has 0 saturated heterocycles. The van der Waals surface area contributed by atoms with Crippen molar-refractivity contribution in [3.8, 4) is 23.6 Å². The number of hydrogen-bond donors (Lipinski definition) is 0. The Kier molecular flexibility index (Phi) is 12.3. The van der Waals surface area contributed by atoms with Crippen LogP contribution in [0, 0.1) is 22.7 Å². The zero-order valence-corrected chi connectivity index (χ0v) is 15.6. The van der Waals surface area contributed by atoms with Crippen LogP contribution in [0.25, 0.3) is 0 Å². The van der Waals surface area contributed by atoms with E-state index in [2.05, 4.69) is 29.5 Å². The van der Waals surface area contributed by atoms with E-state index in [1.54, 1.807) is 12.1 Å². The topological polar surface area (TPSA) is 66.0 Å². The molecule has 0 spiro atoms. The number of alkyl halides is 1. The van der Waals surface area contributed by atoms with Crippen molar-refractivity contribution in [2.75, 3.05) is 17.6 Å². The number of benzene rings is 1. The van der Waals surface area contributed by atoms with E-state index in [1.807, 2.05) is 26.0 Å². The van der Waals surface area contributed by atoms with Crippen molar-refractivity contribution >= 4 is 22.6 Å². The van der Waals surface area contributed by atoms with Crippen LogP contribution in [0.15, 0.2) is 12.1 Å². The van der Waals surface area contributed by atoms with Crippen molar-refractivity contribution < 1.29 is 9.47 Å². The first kappa shape index (κ1) is 20.5. The molecule has 0 atom stereocenters. The second-order valence-corrected chi connectivity index (χ2v) is 5.50. The van der Waals surface area contributed by atoms with E-state index in [9.17, 15) is 0 Å². The molecule has 1 rings (SSSR count). The van der Waals surface area contributed by atoms with Crippen molar-refractivity contribution in [1.82, 2.24) is 0 Å². The van der Waals surface area contributed by atoms with Crippen LogP contribution in [0.3, 0.4) is 0 Å². The lowest BCUT2D eigenvalue weighted by Crippen LogP contribution is -2.02. The van der Waals surface area contributed by atoms with Crippen LogP contribution in [0.4, 0.5) is 0 Å². The molecule has 5 heteroatoms. The molecule has 1 aromatic rings. The van der Waals surface area contributed by atoms with Crippen molar-refractivity contribution in [3.05, 3.63) is 23.3 Å². The molecule has 0 aliphatic carbocycles. The van der Waals surface area contributed by atoms with Gasteiger partial charge in [-0.25, -0.2) is 0 Å². The van der Waals surface area contributed by atoms with Gasteiger partial charge in [0.2, 0.25) is 0 Å². The summed E-state index contributed by atoms with van der Waals surface area (Å²) in [4.78, 5) is 0. The lowest BCUT2D eigenvalue weighted by atomic mass is 10.1. The molecule has 22 heavy (non-hydrogen) atoms. The minimum absolute atomic E-state index is 0.250. The SMILES string of the molecule is CCCI.CCCOc1ccc(OCCC)c(C#N)c1C#N. The molecule has 0 saturated carbocycles. The Bertz CT molecular complexity index is 472. The molecule has 0 heterocycles. The zero-order valence-electron chi connectivity index (χ0n) is 13.5. The fourth-order valence-corrected chi connectivity index (χ4v) is 1.45. The highest BCUT2D eigenvalue weighted by molar-refractivity contribution is 14.1. The fraction of sp³-hybridized carbons (Fsp3) is 0.529. The third-order valence-electron chi connectivity index (χ3n) is 2.46. The Balaban J connectivity index is 0.000000980. The molecule has 0 N–H and O–H groups in total. The molecule has 0 fully saturated rings. The predicted octanol–water partition coefficient (Wildman–Crippen LogP) is 4.84. The van der Waals surface area contributed by atoms with E-state index in [1.165, 1.54) is 10.8 Å². The maximum Gasteiger partial charge on any atom is 0.138 e. The summed E-state index contributed by atoms with van der Waals surface area (Å²) in [6.07, 6.45) is 3.00. The second-order valence-electron chi connectivity index (χ2n) is 4.42. The maximum atomic E-state index is 9.14. The molecule has 0 bridgehead atoms. The molecule has 0 aliphatic heterocycles. The van der Waals surface area contributed by atoms with Gasteiger partial charge in [-0.05, 0) is 35.8 Å². The average molecular weight is 414 g/mol. The van der Waals surface area contributed by atoms with Crippen molar-refractivity contribution in [1.29, 1.82) is 10.5 Å². The molecule has 120 valence electrons. The smallest absolute Gasteiger partial charge is 0.138 e. The Morgan fingerprint density at radius 1 is 0.864 bits per heavy atom. The minimum atomic E-state index is 0.250. The standard InChI is InChI=1S/C14H16N2O2.C3H7I/c1-3-7-17-13-5-6-14(18-8-4-2)12(10-16)11(13)9-15;1-2-3-4/h5-6H,3-4,7-8H2,1-2H3;2-3H2,1H3. The lowest BCUT2D eigenvalue weighted by Gasteiger charge is -2.11. The van der Waals surface area contributed by atoms with Gasteiger partial charge < -0.3 is 9.47 Å². The number of nitrogens with zero attached hydrogens (tertiary/aromatic N) is 2. The van der Waals surface area contributed by atoms with Gasteiger partial charge >= 0.3 is 0 Å². The Morgan fingerprint density at radius 2 is 1.23 bits per heavy atom. The summed E-state index contributed by atoms with van der Waals surface area (Å²) in [5, 5.41) is 18.3.